The van der Waals surface area contributed by atoms with E-state index in [4.69, 9.17) is 0 Å². The van der Waals surface area contributed by atoms with Gasteiger partial charge in [-0.05, 0) is 18.6 Å². The molecule has 0 radical (unpaired) electrons. The van der Waals surface area contributed by atoms with Crippen LogP contribution in [0.25, 0.3) is 0 Å². The van der Waals surface area contributed by atoms with E-state index < -0.39 is 0 Å². The Morgan fingerprint density at radius 2 is 2.07 bits per heavy atom. The van der Waals surface area contributed by atoms with Crippen molar-refractivity contribution in [3.63, 3.8) is 0 Å². The molecule has 2 nitrogen and oxygen atoms in total. The van der Waals surface area contributed by atoms with Crippen LogP contribution in [-0.4, -0.2) is 24.3 Å². The lowest BCUT2D eigenvalue weighted by molar-refractivity contribution is 0.169. The molecule has 0 aromatic heterocycles. The van der Waals surface area contributed by atoms with E-state index in [2.05, 4.69) is 17.2 Å². The minimum Gasteiger partial charge on any atom is -0.392 e. The lowest BCUT2D eigenvalue weighted by atomic mass is 10.2. The van der Waals surface area contributed by atoms with Gasteiger partial charge in [0.25, 0.3) is 0 Å². The summed E-state index contributed by atoms with van der Waals surface area (Å²) in [4.78, 5) is 0. The highest BCUT2D eigenvalue weighted by Crippen LogP contribution is 1.94. The summed E-state index contributed by atoms with van der Waals surface area (Å²) in [6, 6.07) is 9.87. The van der Waals surface area contributed by atoms with Gasteiger partial charge in [0.2, 0.25) is 0 Å². The average Bonchev–Trinajstić information content (AvgIpc) is 2.29. The first-order chi connectivity index (χ1) is 7.33. The Hall–Kier alpha value is -1.30. The lowest BCUT2D eigenvalue weighted by Gasteiger charge is -2.05. The topological polar surface area (TPSA) is 32.3 Å². The second kappa shape index (κ2) is 7.05. The van der Waals surface area contributed by atoms with Gasteiger partial charge in [0.1, 0.15) is 0 Å². The number of aliphatic hydroxyl groups is 1. The number of nitrogens with one attached hydrogen (secondary N) is 1. The highest BCUT2D eigenvalue weighted by atomic mass is 16.3. The fraction of sp³-hybridized carbons (Fsp3) is 0.385. The van der Waals surface area contributed by atoms with Gasteiger partial charge in [-0.25, -0.2) is 0 Å². The molecule has 2 N–H and O–H groups in total. The van der Waals surface area contributed by atoms with Crippen LogP contribution >= 0.6 is 0 Å². The fourth-order valence-electron chi connectivity index (χ4n) is 1.11. The molecule has 1 atom stereocenters. The molecule has 0 spiro atoms. The minimum absolute atomic E-state index is 0.261. The van der Waals surface area contributed by atoms with E-state index >= 15 is 0 Å². The van der Waals surface area contributed by atoms with E-state index in [0.717, 1.165) is 12.0 Å². The molecular formula is C13H17NO. The highest BCUT2D eigenvalue weighted by Gasteiger charge is 1.96. The van der Waals surface area contributed by atoms with Crippen molar-refractivity contribution in [1.29, 1.82) is 0 Å². The van der Waals surface area contributed by atoms with Crippen molar-refractivity contribution in [3.8, 4) is 11.8 Å². The molecule has 80 valence electrons. The summed E-state index contributed by atoms with van der Waals surface area (Å²) in [6.07, 6.45) is 0.516. The first kappa shape index (κ1) is 11.8. The van der Waals surface area contributed by atoms with Crippen molar-refractivity contribution in [2.24, 2.45) is 0 Å². The summed E-state index contributed by atoms with van der Waals surface area (Å²) in [5.74, 6) is 6.05. The maximum Gasteiger partial charge on any atom is 0.0662 e. The van der Waals surface area contributed by atoms with Crippen molar-refractivity contribution in [1.82, 2.24) is 5.32 Å². The normalized spacial score (nSPS) is 11.6. The zero-order chi connectivity index (χ0) is 10.9. The molecule has 15 heavy (non-hydrogen) atoms. The van der Waals surface area contributed by atoms with Gasteiger partial charge in [-0.1, -0.05) is 37.0 Å². The Balaban J connectivity index is 2.23. The molecule has 0 aliphatic heterocycles. The number of aliphatic hydroxyl groups excluding tert-OH is 1. The molecule has 1 aromatic carbocycles. The number of hydrogen-bond donors (Lipinski definition) is 2. The van der Waals surface area contributed by atoms with Crippen molar-refractivity contribution in [2.45, 2.75) is 19.4 Å². The summed E-state index contributed by atoms with van der Waals surface area (Å²) in [6.45, 7) is 3.19. The first-order valence-electron chi connectivity index (χ1n) is 5.25. The third-order valence-corrected chi connectivity index (χ3v) is 2.07. The molecular weight excluding hydrogens is 186 g/mol. The van der Waals surface area contributed by atoms with Crippen molar-refractivity contribution >= 4 is 0 Å². The van der Waals surface area contributed by atoms with Crippen LogP contribution in [0.1, 0.15) is 18.9 Å². The van der Waals surface area contributed by atoms with Gasteiger partial charge in [-0.2, -0.15) is 0 Å². The number of rotatable bonds is 4. The van der Waals surface area contributed by atoms with Gasteiger partial charge >= 0.3 is 0 Å². The fourth-order valence-corrected chi connectivity index (χ4v) is 1.11. The Kier molecular flexibility index (Phi) is 5.54. The largest absolute Gasteiger partial charge is 0.392 e. The molecule has 0 amide bonds. The summed E-state index contributed by atoms with van der Waals surface area (Å²) < 4.78 is 0. The Bertz CT molecular complexity index is 323. The molecule has 0 aliphatic carbocycles. The zero-order valence-corrected chi connectivity index (χ0v) is 9.03. The minimum atomic E-state index is -0.261. The molecule has 1 unspecified atom stereocenters. The predicted molar refractivity (Wildman–Crippen MR) is 62.5 cm³/mol. The Morgan fingerprint density at radius 1 is 1.33 bits per heavy atom. The average molecular weight is 203 g/mol. The van der Waals surface area contributed by atoms with Crippen molar-refractivity contribution in [3.05, 3.63) is 35.9 Å². The van der Waals surface area contributed by atoms with E-state index in [1.165, 1.54) is 0 Å². The second-order valence-corrected chi connectivity index (χ2v) is 3.36. The molecule has 0 heterocycles. The number of hydrogen-bond acceptors (Lipinski definition) is 2. The van der Waals surface area contributed by atoms with Crippen LogP contribution in [0.3, 0.4) is 0 Å². The molecule has 0 saturated carbocycles. The van der Waals surface area contributed by atoms with Crippen LogP contribution in [0.4, 0.5) is 0 Å². The molecule has 0 bridgehead atoms. The quantitative estimate of drug-likeness (QED) is 0.572. The van der Waals surface area contributed by atoms with Crippen LogP contribution in [-0.2, 0) is 0 Å². The molecule has 0 fully saturated rings. The van der Waals surface area contributed by atoms with Crippen LogP contribution in [0.5, 0.6) is 0 Å². The van der Waals surface area contributed by atoms with E-state index in [9.17, 15) is 5.11 Å². The summed E-state index contributed by atoms with van der Waals surface area (Å²) in [7, 11) is 0. The van der Waals surface area contributed by atoms with Crippen molar-refractivity contribution < 1.29 is 5.11 Å². The van der Waals surface area contributed by atoms with Gasteiger partial charge in [-0.3, -0.25) is 0 Å². The van der Waals surface area contributed by atoms with Crippen LogP contribution in [0, 0.1) is 11.8 Å². The van der Waals surface area contributed by atoms with Crippen LogP contribution < -0.4 is 5.32 Å². The maximum absolute atomic E-state index is 9.26. The third-order valence-electron chi connectivity index (χ3n) is 2.07. The molecule has 2 heteroatoms. The van der Waals surface area contributed by atoms with Gasteiger partial charge in [0.05, 0.1) is 12.6 Å². The van der Waals surface area contributed by atoms with E-state index in [1.54, 1.807) is 0 Å². The highest BCUT2D eigenvalue weighted by molar-refractivity contribution is 5.33. The van der Waals surface area contributed by atoms with Gasteiger partial charge in [0, 0.05) is 12.1 Å². The second-order valence-electron chi connectivity index (χ2n) is 3.36. The molecule has 1 rings (SSSR count). The van der Waals surface area contributed by atoms with Crippen LogP contribution in [0.2, 0.25) is 0 Å². The summed E-state index contributed by atoms with van der Waals surface area (Å²) >= 11 is 0. The summed E-state index contributed by atoms with van der Waals surface area (Å²) in [5, 5.41) is 12.3. The summed E-state index contributed by atoms with van der Waals surface area (Å²) in [5.41, 5.74) is 1.02. The van der Waals surface area contributed by atoms with E-state index in [0.29, 0.717) is 13.1 Å². The standard InChI is InChI=1S/C13H17NO/c1-2-13(15)11-14-10-6-9-12-7-4-3-5-8-12/h3-5,7-8,13-15H,2,10-11H2,1H3. The molecule has 1 aromatic rings. The van der Waals surface area contributed by atoms with Gasteiger partial charge < -0.3 is 10.4 Å². The lowest BCUT2D eigenvalue weighted by Crippen LogP contribution is -2.26. The van der Waals surface area contributed by atoms with E-state index in [1.807, 2.05) is 37.3 Å². The Labute approximate surface area is 91.3 Å². The first-order valence-corrected chi connectivity index (χ1v) is 5.25. The van der Waals surface area contributed by atoms with Crippen molar-refractivity contribution in [2.75, 3.05) is 13.1 Å². The number of benzene rings is 1. The monoisotopic (exact) mass is 203 g/mol. The van der Waals surface area contributed by atoms with Crippen LogP contribution in [0.15, 0.2) is 30.3 Å². The maximum atomic E-state index is 9.26. The Morgan fingerprint density at radius 3 is 2.73 bits per heavy atom. The SMILES string of the molecule is CCC(O)CNCC#Cc1ccccc1. The predicted octanol–water partition coefficient (Wildman–Crippen LogP) is 1.40. The zero-order valence-electron chi connectivity index (χ0n) is 9.03. The van der Waals surface area contributed by atoms with Gasteiger partial charge in [-0.15, -0.1) is 0 Å². The molecule has 0 aliphatic rings. The van der Waals surface area contributed by atoms with Gasteiger partial charge in [0.15, 0.2) is 0 Å². The van der Waals surface area contributed by atoms with E-state index in [-0.39, 0.29) is 6.10 Å². The third kappa shape index (κ3) is 5.21. The molecule has 0 saturated heterocycles. The smallest absolute Gasteiger partial charge is 0.0662 e.